The first-order valence-corrected chi connectivity index (χ1v) is 5.35. The topological polar surface area (TPSA) is 82.1 Å². The summed E-state index contributed by atoms with van der Waals surface area (Å²) >= 11 is 0. The van der Waals surface area contributed by atoms with Crippen LogP contribution in [0.25, 0.3) is 0 Å². The Bertz CT molecular complexity index is 382. The molecule has 1 atom stereocenters. The van der Waals surface area contributed by atoms with E-state index in [-0.39, 0.29) is 6.10 Å². The van der Waals surface area contributed by atoms with Gasteiger partial charge in [0, 0.05) is 12.2 Å². The number of aliphatic hydroxyl groups is 1. The van der Waals surface area contributed by atoms with Crippen LogP contribution in [-0.4, -0.2) is 17.8 Å². The van der Waals surface area contributed by atoms with Gasteiger partial charge in [-0.15, -0.1) is 0 Å². The standard InChI is InChI=1S/C12H17N3O/c1-9(16)3-2-6-15-11-5-4-10(8-13)12(14)7-11/h4-5,7,9,15-16H,2-3,6,14H2,1H3. The summed E-state index contributed by atoms with van der Waals surface area (Å²) in [6.07, 6.45) is 1.42. The number of anilines is 2. The average molecular weight is 219 g/mol. The summed E-state index contributed by atoms with van der Waals surface area (Å²) in [5.74, 6) is 0. The maximum atomic E-state index is 9.08. The van der Waals surface area contributed by atoms with E-state index in [9.17, 15) is 0 Å². The monoisotopic (exact) mass is 219 g/mol. The van der Waals surface area contributed by atoms with Crippen molar-refractivity contribution in [2.24, 2.45) is 0 Å². The van der Waals surface area contributed by atoms with Crippen molar-refractivity contribution in [1.29, 1.82) is 5.26 Å². The Morgan fingerprint density at radius 1 is 1.56 bits per heavy atom. The van der Waals surface area contributed by atoms with Crippen LogP contribution in [-0.2, 0) is 0 Å². The Morgan fingerprint density at radius 2 is 2.31 bits per heavy atom. The molecule has 0 radical (unpaired) electrons. The highest BCUT2D eigenvalue weighted by atomic mass is 16.3. The molecule has 0 saturated heterocycles. The first kappa shape index (κ1) is 12.3. The van der Waals surface area contributed by atoms with Crippen LogP contribution in [0.15, 0.2) is 18.2 Å². The van der Waals surface area contributed by atoms with Crippen LogP contribution in [0.1, 0.15) is 25.3 Å². The van der Waals surface area contributed by atoms with Crippen LogP contribution in [0.4, 0.5) is 11.4 Å². The lowest BCUT2D eigenvalue weighted by atomic mass is 10.1. The quantitative estimate of drug-likeness (QED) is 0.520. The number of nitrogen functional groups attached to an aromatic ring is 1. The number of nitrogens with two attached hydrogens (primary N) is 1. The predicted molar refractivity (Wildman–Crippen MR) is 65.0 cm³/mol. The number of rotatable bonds is 5. The molecule has 1 unspecified atom stereocenters. The van der Waals surface area contributed by atoms with Gasteiger partial charge in [0.25, 0.3) is 0 Å². The molecule has 16 heavy (non-hydrogen) atoms. The largest absolute Gasteiger partial charge is 0.398 e. The minimum Gasteiger partial charge on any atom is -0.398 e. The zero-order valence-electron chi connectivity index (χ0n) is 9.40. The maximum Gasteiger partial charge on any atom is 0.101 e. The molecule has 4 heteroatoms. The number of aliphatic hydroxyl groups excluding tert-OH is 1. The SMILES string of the molecule is CC(O)CCCNc1ccc(C#N)c(N)c1. The van der Waals surface area contributed by atoms with E-state index in [1.54, 1.807) is 19.1 Å². The van der Waals surface area contributed by atoms with Crippen LogP contribution >= 0.6 is 0 Å². The minimum atomic E-state index is -0.257. The lowest BCUT2D eigenvalue weighted by Crippen LogP contribution is -2.06. The maximum absolute atomic E-state index is 9.08. The van der Waals surface area contributed by atoms with Gasteiger partial charge < -0.3 is 16.2 Å². The first-order chi connectivity index (χ1) is 7.63. The summed E-state index contributed by atoms with van der Waals surface area (Å²) in [4.78, 5) is 0. The Hall–Kier alpha value is -1.73. The van der Waals surface area contributed by atoms with E-state index >= 15 is 0 Å². The second-order valence-electron chi connectivity index (χ2n) is 3.83. The van der Waals surface area contributed by atoms with Crippen molar-refractivity contribution in [2.45, 2.75) is 25.9 Å². The van der Waals surface area contributed by atoms with Gasteiger partial charge in [-0.25, -0.2) is 0 Å². The fourth-order valence-corrected chi connectivity index (χ4v) is 1.40. The Kier molecular flexibility index (Phi) is 4.62. The molecular formula is C12H17N3O. The van der Waals surface area contributed by atoms with Gasteiger partial charge in [-0.3, -0.25) is 0 Å². The molecule has 1 rings (SSSR count). The molecule has 0 aliphatic heterocycles. The van der Waals surface area contributed by atoms with Gasteiger partial charge in [-0.2, -0.15) is 5.26 Å². The van der Waals surface area contributed by atoms with Crippen molar-refractivity contribution in [2.75, 3.05) is 17.6 Å². The molecule has 0 fully saturated rings. The molecule has 1 aromatic carbocycles. The van der Waals surface area contributed by atoms with Gasteiger partial charge in [0.15, 0.2) is 0 Å². The molecular weight excluding hydrogens is 202 g/mol. The molecule has 0 bridgehead atoms. The predicted octanol–water partition coefficient (Wildman–Crippen LogP) is 1.71. The molecule has 0 aromatic heterocycles. The number of benzene rings is 1. The third-order valence-electron chi connectivity index (χ3n) is 2.30. The highest BCUT2D eigenvalue weighted by Crippen LogP contribution is 2.17. The summed E-state index contributed by atoms with van der Waals surface area (Å²) < 4.78 is 0. The van der Waals surface area contributed by atoms with E-state index in [0.29, 0.717) is 11.3 Å². The number of nitrogens with zero attached hydrogens (tertiary/aromatic N) is 1. The molecule has 0 aliphatic rings. The molecule has 0 spiro atoms. The van der Waals surface area contributed by atoms with Crippen molar-refractivity contribution in [3.63, 3.8) is 0 Å². The first-order valence-electron chi connectivity index (χ1n) is 5.35. The van der Waals surface area contributed by atoms with Crippen molar-refractivity contribution in [1.82, 2.24) is 0 Å². The normalized spacial score (nSPS) is 11.8. The third kappa shape index (κ3) is 3.79. The van der Waals surface area contributed by atoms with Gasteiger partial charge in [0.1, 0.15) is 6.07 Å². The fraction of sp³-hybridized carbons (Fsp3) is 0.417. The van der Waals surface area contributed by atoms with Gasteiger partial charge in [-0.05, 0) is 38.0 Å². The Balaban J connectivity index is 2.44. The Morgan fingerprint density at radius 3 is 2.88 bits per heavy atom. The van der Waals surface area contributed by atoms with Crippen LogP contribution < -0.4 is 11.1 Å². The number of hydrogen-bond acceptors (Lipinski definition) is 4. The van der Waals surface area contributed by atoms with Gasteiger partial charge >= 0.3 is 0 Å². The molecule has 0 aliphatic carbocycles. The second kappa shape index (κ2) is 5.99. The van der Waals surface area contributed by atoms with E-state index in [1.165, 1.54) is 0 Å². The van der Waals surface area contributed by atoms with Gasteiger partial charge in [-0.1, -0.05) is 0 Å². The van der Waals surface area contributed by atoms with Crippen LogP contribution in [0.2, 0.25) is 0 Å². The van der Waals surface area contributed by atoms with Crippen molar-refractivity contribution >= 4 is 11.4 Å². The molecule has 4 nitrogen and oxygen atoms in total. The van der Waals surface area contributed by atoms with Crippen molar-refractivity contribution in [3.8, 4) is 6.07 Å². The Labute approximate surface area is 95.7 Å². The summed E-state index contributed by atoms with van der Waals surface area (Å²) in [5, 5.41) is 21.0. The van der Waals surface area contributed by atoms with E-state index in [0.717, 1.165) is 25.1 Å². The van der Waals surface area contributed by atoms with E-state index in [1.807, 2.05) is 12.1 Å². The van der Waals surface area contributed by atoms with E-state index in [2.05, 4.69) is 5.32 Å². The van der Waals surface area contributed by atoms with E-state index < -0.39 is 0 Å². The van der Waals surface area contributed by atoms with Gasteiger partial charge in [0.2, 0.25) is 0 Å². The van der Waals surface area contributed by atoms with Crippen molar-refractivity contribution < 1.29 is 5.11 Å². The highest BCUT2D eigenvalue weighted by molar-refractivity contribution is 5.62. The van der Waals surface area contributed by atoms with E-state index in [4.69, 9.17) is 16.1 Å². The van der Waals surface area contributed by atoms with Crippen LogP contribution in [0.5, 0.6) is 0 Å². The zero-order valence-corrected chi connectivity index (χ0v) is 9.40. The number of hydrogen-bond donors (Lipinski definition) is 3. The lowest BCUT2D eigenvalue weighted by molar-refractivity contribution is 0.183. The zero-order chi connectivity index (χ0) is 12.0. The molecule has 86 valence electrons. The number of nitriles is 1. The fourth-order valence-electron chi connectivity index (χ4n) is 1.40. The highest BCUT2D eigenvalue weighted by Gasteiger charge is 2.00. The summed E-state index contributed by atoms with van der Waals surface area (Å²) in [7, 11) is 0. The second-order valence-corrected chi connectivity index (χ2v) is 3.83. The minimum absolute atomic E-state index is 0.257. The van der Waals surface area contributed by atoms with Crippen molar-refractivity contribution in [3.05, 3.63) is 23.8 Å². The molecule has 0 heterocycles. The molecule has 4 N–H and O–H groups in total. The lowest BCUT2D eigenvalue weighted by Gasteiger charge is -2.08. The third-order valence-corrected chi connectivity index (χ3v) is 2.30. The van der Waals surface area contributed by atoms with Gasteiger partial charge in [0.05, 0.1) is 17.4 Å². The summed E-state index contributed by atoms with van der Waals surface area (Å²) in [6.45, 7) is 2.57. The summed E-state index contributed by atoms with van der Waals surface area (Å²) in [6, 6.07) is 7.30. The molecule has 0 saturated carbocycles. The molecule has 1 aromatic rings. The average Bonchev–Trinajstić information content (AvgIpc) is 2.24. The summed E-state index contributed by atoms with van der Waals surface area (Å²) in [5.41, 5.74) is 7.57. The smallest absolute Gasteiger partial charge is 0.101 e. The van der Waals surface area contributed by atoms with Crippen LogP contribution in [0, 0.1) is 11.3 Å². The molecule has 0 amide bonds. The van der Waals surface area contributed by atoms with Crippen LogP contribution in [0.3, 0.4) is 0 Å². The number of nitrogens with one attached hydrogen (secondary N) is 1.